The van der Waals surface area contributed by atoms with E-state index >= 15 is 0 Å². The Labute approximate surface area is 146 Å². The van der Waals surface area contributed by atoms with Crippen molar-refractivity contribution in [3.05, 3.63) is 44.4 Å². The first-order valence-electron chi connectivity index (χ1n) is 6.57. The van der Waals surface area contributed by atoms with Gasteiger partial charge in [-0.05, 0) is 19.1 Å². The van der Waals surface area contributed by atoms with Gasteiger partial charge < -0.3 is 5.32 Å². The standard InChI is InChI=1S/C14H9ClF6N2OS/c1-6(24)11-9(14(19,20)21)2-7(13(16,17)18)3-10(11)22-4-8-5-23-12(15)25-8/h2-3,5,22H,4H2,1H3. The number of benzene rings is 1. The van der Waals surface area contributed by atoms with Crippen LogP contribution in [0.1, 0.15) is 33.3 Å². The second-order valence-electron chi connectivity index (χ2n) is 4.93. The number of thiazole rings is 1. The van der Waals surface area contributed by atoms with Gasteiger partial charge in [-0.1, -0.05) is 11.6 Å². The molecule has 3 nitrogen and oxygen atoms in total. The van der Waals surface area contributed by atoms with Crippen molar-refractivity contribution in [1.29, 1.82) is 0 Å². The number of Topliss-reactive ketones (excluding diaryl/α,β-unsaturated/α-hetero) is 1. The summed E-state index contributed by atoms with van der Waals surface area (Å²) >= 11 is 6.63. The highest BCUT2D eigenvalue weighted by atomic mass is 35.5. The summed E-state index contributed by atoms with van der Waals surface area (Å²) in [5, 5.41) is 2.44. The number of halogens is 7. The first-order chi connectivity index (χ1) is 11.4. The maximum Gasteiger partial charge on any atom is 0.417 e. The molecule has 25 heavy (non-hydrogen) atoms. The van der Waals surface area contributed by atoms with Crippen molar-refractivity contribution in [1.82, 2.24) is 4.98 Å². The van der Waals surface area contributed by atoms with Crippen LogP contribution in [-0.4, -0.2) is 10.8 Å². The highest BCUT2D eigenvalue weighted by molar-refractivity contribution is 7.15. The summed E-state index contributed by atoms with van der Waals surface area (Å²) in [7, 11) is 0. The number of carbonyl (C=O) groups excluding carboxylic acids is 1. The molecular weight excluding hydrogens is 394 g/mol. The molecule has 0 radical (unpaired) electrons. The largest absolute Gasteiger partial charge is 0.417 e. The Bertz CT molecular complexity index is 800. The van der Waals surface area contributed by atoms with E-state index in [9.17, 15) is 31.1 Å². The Kier molecular flexibility index (Phi) is 5.33. The molecule has 0 unspecified atom stereocenters. The fourth-order valence-electron chi connectivity index (χ4n) is 2.10. The van der Waals surface area contributed by atoms with Gasteiger partial charge in [0.05, 0.1) is 23.2 Å². The lowest BCUT2D eigenvalue weighted by Crippen LogP contribution is -2.18. The predicted octanol–water partition coefficient (Wildman–Crippen LogP) is 5.65. The summed E-state index contributed by atoms with van der Waals surface area (Å²) in [6.07, 6.45) is -8.79. The summed E-state index contributed by atoms with van der Waals surface area (Å²) in [5.74, 6) is -1.01. The number of nitrogens with zero attached hydrogens (tertiary/aromatic N) is 1. The number of alkyl halides is 6. The van der Waals surface area contributed by atoms with Crippen LogP contribution in [0.4, 0.5) is 32.0 Å². The zero-order valence-corrected chi connectivity index (χ0v) is 13.9. The molecule has 1 N–H and O–H groups in total. The van der Waals surface area contributed by atoms with Gasteiger partial charge in [-0.25, -0.2) is 4.98 Å². The maximum atomic E-state index is 13.2. The second-order valence-corrected chi connectivity index (χ2v) is 6.63. The molecule has 2 rings (SSSR count). The van der Waals surface area contributed by atoms with E-state index in [1.165, 1.54) is 6.20 Å². The quantitative estimate of drug-likeness (QED) is 0.531. The minimum Gasteiger partial charge on any atom is -0.379 e. The molecule has 0 aliphatic heterocycles. The van der Waals surface area contributed by atoms with Gasteiger partial charge >= 0.3 is 12.4 Å². The van der Waals surface area contributed by atoms with Crippen LogP contribution in [0.5, 0.6) is 0 Å². The Morgan fingerprint density at radius 1 is 1.20 bits per heavy atom. The zero-order chi connectivity index (χ0) is 19.0. The average Bonchev–Trinajstić information content (AvgIpc) is 2.87. The van der Waals surface area contributed by atoms with Crippen molar-refractivity contribution in [2.45, 2.75) is 25.8 Å². The highest BCUT2D eigenvalue weighted by Gasteiger charge is 2.40. The molecule has 0 spiro atoms. The van der Waals surface area contributed by atoms with Gasteiger partial charge in [-0.2, -0.15) is 26.3 Å². The molecule has 0 aliphatic carbocycles. The van der Waals surface area contributed by atoms with Crippen molar-refractivity contribution in [2.75, 3.05) is 5.32 Å². The number of ketones is 1. The molecule has 11 heteroatoms. The molecule has 0 aliphatic rings. The van der Waals surface area contributed by atoms with E-state index < -0.39 is 40.5 Å². The third-order valence-electron chi connectivity index (χ3n) is 3.10. The number of nitrogens with one attached hydrogen (secondary N) is 1. The molecule has 136 valence electrons. The average molecular weight is 403 g/mol. The number of carbonyl (C=O) groups is 1. The van der Waals surface area contributed by atoms with Crippen LogP contribution in [0.2, 0.25) is 4.47 Å². The summed E-state index contributed by atoms with van der Waals surface area (Å²) < 4.78 is 78.4. The number of aromatic nitrogens is 1. The van der Waals surface area contributed by atoms with Crippen molar-refractivity contribution in [2.24, 2.45) is 0 Å². The molecule has 2 aromatic rings. The van der Waals surface area contributed by atoms with E-state index in [1.54, 1.807) is 0 Å². The predicted molar refractivity (Wildman–Crippen MR) is 80.9 cm³/mol. The second kappa shape index (κ2) is 6.83. The first-order valence-corrected chi connectivity index (χ1v) is 7.76. The molecule has 0 atom stereocenters. The number of rotatable bonds is 4. The zero-order valence-electron chi connectivity index (χ0n) is 12.3. The third kappa shape index (κ3) is 4.63. The fourth-order valence-corrected chi connectivity index (χ4v) is 3.01. The Morgan fingerprint density at radius 2 is 1.84 bits per heavy atom. The van der Waals surface area contributed by atoms with Crippen LogP contribution < -0.4 is 5.32 Å². The lowest BCUT2D eigenvalue weighted by molar-refractivity contribution is -0.143. The molecule has 1 aromatic heterocycles. The van der Waals surface area contributed by atoms with Crippen LogP contribution in [0.3, 0.4) is 0 Å². The summed E-state index contributed by atoms with van der Waals surface area (Å²) in [5.41, 5.74) is -4.55. The van der Waals surface area contributed by atoms with Crippen LogP contribution in [0, 0.1) is 0 Å². The minimum atomic E-state index is -5.12. The molecule has 1 heterocycles. The van der Waals surface area contributed by atoms with E-state index in [2.05, 4.69) is 10.3 Å². The van der Waals surface area contributed by atoms with Gasteiger partial charge in [-0.3, -0.25) is 4.79 Å². The monoisotopic (exact) mass is 402 g/mol. The summed E-state index contributed by atoms with van der Waals surface area (Å²) in [6.45, 7) is 0.718. The first kappa shape index (κ1) is 19.5. The van der Waals surface area contributed by atoms with E-state index in [0.717, 1.165) is 18.3 Å². The van der Waals surface area contributed by atoms with Gasteiger partial charge in [0.2, 0.25) is 0 Å². The lowest BCUT2D eigenvalue weighted by atomic mass is 9.97. The number of hydrogen-bond acceptors (Lipinski definition) is 4. The van der Waals surface area contributed by atoms with Crippen LogP contribution in [0.25, 0.3) is 0 Å². The highest BCUT2D eigenvalue weighted by Crippen LogP contribution is 2.41. The van der Waals surface area contributed by atoms with Crippen LogP contribution in [-0.2, 0) is 18.9 Å². The summed E-state index contributed by atoms with van der Waals surface area (Å²) in [6, 6.07) is 0.417. The van der Waals surface area contributed by atoms with Crippen molar-refractivity contribution in [3.63, 3.8) is 0 Å². The van der Waals surface area contributed by atoms with Crippen LogP contribution in [0.15, 0.2) is 18.3 Å². The van der Waals surface area contributed by atoms with Gasteiger partial charge in [0.1, 0.15) is 0 Å². The summed E-state index contributed by atoms with van der Waals surface area (Å²) in [4.78, 5) is 15.9. The van der Waals surface area contributed by atoms with Gasteiger partial charge in [-0.15, -0.1) is 11.3 Å². The SMILES string of the molecule is CC(=O)c1c(NCc2cnc(Cl)s2)cc(C(F)(F)F)cc1C(F)(F)F. The van der Waals surface area contributed by atoms with Gasteiger partial charge in [0.15, 0.2) is 10.3 Å². The topological polar surface area (TPSA) is 42.0 Å². The lowest BCUT2D eigenvalue weighted by Gasteiger charge is -2.19. The maximum absolute atomic E-state index is 13.2. The molecule has 0 saturated carbocycles. The third-order valence-corrected chi connectivity index (χ3v) is 4.22. The van der Waals surface area contributed by atoms with E-state index in [4.69, 9.17) is 11.6 Å². The molecule has 0 bridgehead atoms. The van der Waals surface area contributed by atoms with Gasteiger partial charge in [0.25, 0.3) is 0 Å². The van der Waals surface area contributed by atoms with Gasteiger partial charge in [0, 0.05) is 16.8 Å². The van der Waals surface area contributed by atoms with E-state index in [0.29, 0.717) is 10.9 Å². The van der Waals surface area contributed by atoms with Crippen LogP contribution >= 0.6 is 22.9 Å². The number of hydrogen-bond donors (Lipinski definition) is 1. The Morgan fingerprint density at radius 3 is 2.28 bits per heavy atom. The van der Waals surface area contributed by atoms with Crippen molar-refractivity contribution in [3.8, 4) is 0 Å². The van der Waals surface area contributed by atoms with E-state index in [1.807, 2.05) is 0 Å². The molecule has 0 fully saturated rings. The molecule has 0 amide bonds. The minimum absolute atomic E-state index is 0.0640. The van der Waals surface area contributed by atoms with Crippen molar-refractivity contribution < 1.29 is 31.1 Å². The normalized spacial score (nSPS) is 12.3. The molecule has 0 saturated heterocycles. The molecule has 1 aromatic carbocycles. The Hall–Kier alpha value is -1.81. The van der Waals surface area contributed by atoms with E-state index in [-0.39, 0.29) is 17.1 Å². The fraction of sp³-hybridized carbons (Fsp3) is 0.286. The van der Waals surface area contributed by atoms with Crippen molar-refractivity contribution >= 4 is 34.4 Å². The number of anilines is 1. The smallest absolute Gasteiger partial charge is 0.379 e. The Balaban J connectivity index is 2.56. The molecular formula is C14H9ClF6N2OS.